The van der Waals surface area contributed by atoms with Gasteiger partial charge < -0.3 is 19.6 Å². The highest BCUT2D eigenvalue weighted by Gasteiger charge is 2.35. The van der Waals surface area contributed by atoms with Crippen LogP contribution in [0.5, 0.6) is 0 Å². The molecule has 8 rings (SSSR count). The number of piperazine rings is 2. The number of carbonyl (C=O) groups excluding carboxylic acids is 4. The summed E-state index contributed by atoms with van der Waals surface area (Å²) in [4.78, 5) is 101. The third-order valence-corrected chi connectivity index (χ3v) is 12.9. The van der Waals surface area contributed by atoms with Gasteiger partial charge in [-0.3, -0.25) is 28.3 Å². The summed E-state index contributed by atoms with van der Waals surface area (Å²) in [5.41, 5.74) is 4.54. The summed E-state index contributed by atoms with van der Waals surface area (Å²) >= 11 is 6.26. The summed E-state index contributed by atoms with van der Waals surface area (Å²) in [5, 5.41) is 0.126. The van der Waals surface area contributed by atoms with E-state index in [1.807, 2.05) is 61.8 Å². The normalized spacial score (nSPS) is 18.1. The van der Waals surface area contributed by atoms with E-state index < -0.39 is 23.0 Å². The molecule has 0 bridgehead atoms. The van der Waals surface area contributed by atoms with Gasteiger partial charge in [0.25, 0.3) is 0 Å². The van der Waals surface area contributed by atoms with Crippen molar-refractivity contribution in [3.8, 4) is 11.4 Å². The van der Waals surface area contributed by atoms with E-state index in [0.717, 1.165) is 17.3 Å². The zero-order chi connectivity index (χ0) is 48.4. The first kappa shape index (κ1) is 48.1. The molecular weight excluding hydrogens is 879 g/mol. The van der Waals surface area contributed by atoms with E-state index in [-0.39, 0.29) is 53.5 Å². The number of ketones is 2. The number of anilines is 2. The van der Waals surface area contributed by atoms with Crippen LogP contribution < -0.4 is 21.2 Å². The molecule has 16 nitrogen and oxygen atoms in total. The monoisotopic (exact) mass is 932 g/mol. The number of halogens is 2. The topological polar surface area (TPSA) is 177 Å². The zero-order valence-electron chi connectivity index (χ0n) is 38.6. The fourth-order valence-electron chi connectivity index (χ4n) is 9.20. The van der Waals surface area contributed by atoms with Crippen molar-refractivity contribution in [1.29, 1.82) is 0 Å². The average Bonchev–Trinajstić information content (AvgIpc) is 3.31. The minimum absolute atomic E-state index is 0.0190. The van der Waals surface area contributed by atoms with Crippen LogP contribution >= 0.6 is 11.6 Å². The van der Waals surface area contributed by atoms with Crippen LogP contribution in [-0.4, -0.2) is 114 Å². The molecule has 4 aliphatic rings. The molecule has 67 heavy (non-hydrogen) atoms. The van der Waals surface area contributed by atoms with Gasteiger partial charge in [0.1, 0.15) is 18.0 Å². The minimum Gasteiger partial charge on any atom is -0.350 e. The van der Waals surface area contributed by atoms with Crippen LogP contribution in [0.2, 0.25) is 0 Å². The number of hydrogen-bond donors (Lipinski definition) is 0. The smallest absolute Gasteiger partial charge is 0.350 e. The lowest BCUT2D eigenvalue weighted by atomic mass is 9.97. The molecule has 2 amide bonds. The Balaban J connectivity index is 0.000000199. The number of rotatable bonds is 9. The maximum Gasteiger partial charge on any atom is 0.354 e. The van der Waals surface area contributed by atoms with E-state index >= 15 is 0 Å². The molecule has 0 saturated carbocycles. The lowest BCUT2D eigenvalue weighted by Gasteiger charge is -2.41. The Hall–Kier alpha value is -6.88. The number of hydrogen-bond acceptors (Lipinski definition) is 12. The van der Waals surface area contributed by atoms with E-state index in [4.69, 9.17) is 11.6 Å². The molecule has 18 heteroatoms. The van der Waals surface area contributed by atoms with Crippen molar-refractivity contribution < 1.29 is 23.6 Å². The zero-order valence-corrected chi connectivity index (χ0v) is 39.3. The van der Waals surface area contributed by atoms with Crippen molar-refractivity contribution in [2.24, 2.45) is 0 Å². The third-order valence-electron chi connectivity index (χ3n) is 12.6. The Morgan fingerprint density at radius 1 is 0.761 bits per heavy atom. The van der Waals surface area contributed by atoms with Crippen LogP contribution in [0.25, 0.3) is 23.5 Å². The summed E-state index contributed by atoms with van der Waals surface area (Å²) in [7, 11) is 0. The van der Waals surface area contributed by atoms with E-state index in [1.165, 1.54) is 23.0 Å². The number of benzene rings is 1. The van der Waals surface area contributed by atoms with E-state index in [9.17, 15) is 33.2 Å². The van der Waals surface area contributed by atoms with Crippen molar-refractivity contribution >= 4 is 58.8 Å². The molecule has 0 N–H and O–H groups in total. The number of allylic oxidation sites excluding steroid dienone is 2. The van der Waals surface area contributed by atoms with Crippen LogP contribution in [0.15, 0.2) is 76.4 Å². The Morgan fingerprint density at radius 2 is 1.25 bits per heavy atom. The summed E-state index contributed by atoms with van der Waals surface area (Å²) in [5.74, 6) is -1.10. The van der Waals surface area contributed by atoms with Gasteiger partial charge in [-0.15, -0.1) is 0 Å². The molecule has 0 unspecified atom stereocenters. The largest absolute Gasteiger partial charge is 0.354 e. The number of aryl methyl sites for hydroxylation is 2. The number of para-hydroxylation sites is 1. The molecule has 4 aromatic rings. The van der Waals surface area contributed by atoms with Crippen LogP contribution in [0, 0.1) is 0 Å². The molecule has 3 aromatic heterocycles. The van der Waals surface area contributed by atoms with Gasteiger partial charge >= 0.3 is 11.4 Å². The molecule has 2 atom stereocenters. The van der Waals surface area contributed by atoms with Crippen LogP contribution in [-0.2, 0) is 44.9 Å². The molecule has 0 spiro atoms. The lowest BCUT2D eigenvalue weighted by Crippen LogP contribution is -2.54. The quantitative estimate of drug-likeness (QED) is 0.204. The second-order valence-electron chi connectivity index (χ2n) is 17.1. The highest BCUT2D eigenvalue weighted by atomic mass is 35.5. The lowest BCUT2D eigenvalue weighted by molar-refractivity contribution is -0.127. The van der Waals surface area contributed by atoms with Crippen LogP contribution in [0.3, 0.4) is 0 Å². The van der Waals surface area contributed by atoms with E-state index in [0.29, 0.717) is 103 Å². The molecule has 2 aliphatic heterocycles. The van der Waals surface area contributed by atoms with Crippen molar-refractivity contribution in [3.63, 3.8) is 0 Å². The molecule has 350 valence electrons. The Bertz CT molecular complexity index is 2860. The Morgan fingerprint density at radius 3 is 1.76 bits per heavy atom. The predicted octanol–water partition coefficient (Wildman–Crippen LogP) is 5.09. The summed E-state index contributed by atoms with van der Waals surface area (Å²) < 4.78 is 17.5. The number of nitrogens with zero attached hydrogens (tertiary/aromatic N) is 10. The van der Waals surface area contributed by atoms with Gasteiger partial charge in [0.2, 0.25) is 11.8 Å². The van der Waals surface area contributed by atoms with Gasteiger partial charge in [-0.25, -0.2) is 23.9 Å². The van der Waals surface area contributed by atoms with E-state index in [1.54, 1.807) is 20.4 Å². The second-order valence-corrected chi connectivity index (χ2v) is 17.5. The van der Waals surface area contributed by atoms with Crippen LogP contribution in [0.1, 0.15) is 86.9 Å². The fourth-order valence-corrected chi connectivity index (χ4v) is 9.37. The molecule has 5 heterocycles. The highest BCUT2D eigenvalue weighted by Crippen LogP contribution is 2.35. The minimum atomic E-state index is -0.871. The highest BCUT2D eigenvalue weighted by molar-refractivity contribution is 6.45. The molecule has 2 aliphatic carbocycles. The van der Waals surface area contributed by atoms with Gasteiger partial charge in [-0.05, 0) is 68.5 Å². The molecule has 1 aromatic carbocycles. The summed E-state index contributed by atoms with van der Waals surface area (Å²) in [6, 6.07) is 7.41. The summed E-state index contributed by atoms with van der Waals surface area (Å²) in [6.07, 6.45) is 7.65. The first-order chi connectivity index (χ1) is 32.0. The molecule has 2 fully saturated rings. The Kier molecular flexibility index (Phi) is 14.3. The van der Waals surface area contributed by atoms with Crippen LogP contribution in [0.4, 0.5) is 16.0 Å². The molecule has 0 radical (unpaired) electrons. The number of carbonyl (C=O) groups is 4. The number of amides is 2. The molecular formula is C49H54ClFN10O6. The molecule has 2 saturated heterocycles. The van der Waals surface area contributed by atoms with Gasteiger partial charge in [0.15, 0.2) is 17.4 Å². The average molecular weight is 933 g/mol. The number of aromatic nitrogens is 6. The Labute approximate surface area is 392 Å². The second kappa shape index (κ2) is 19.9. The van der Waals surface area contributed by atoms with Crippen molar-refractivity contribution in [3.05, 3.63) is 127 Å². The van der Waals surface area contributed by atoms with Crippen molar-refractivity contribution in [2.75, 3.05) is 49.1 Å². The SMILES string of the molecule is C=CC(=O)N1CCN(c2nc(=O)n(-c3c(CC)ncnc3CC)c3c2C=C(F)C(=O)C3)[C@@H](C)C1.C=CC(=O)N1CCN(c2nc(=O)n(-c3ccccc3C(C)C)c3c2C=C(Cl)C(=O)C3)[C@@H](C)C1. The number of fused-ring (bicyclic) bond motifs is 2. The fraction of sp³-hybridized carbons (Fsp3) is 0.388. The predicted molar refractivity (Wildman–Crippen MR) is 256 cm³/mol. The van der Waals surface area contributed by atoms with Crippen molar-refractivity contribution in [1.82, 2.24) is 38.9 Å². The maximum absolute atomic E-state index is 14.5. The first-order valence-corrected chi connectivity index (χ1v) is 22.8. The van der Waals surface area contributed by atoms with Gasteiger partial charge in [0.05, 0.1) is 40.6 Å². The van der Waals surface area contributed by atoms with Gasteiger partial charge in [-0.1, -0.05) is 70.7 Å². The standard InChI is InChI=1S/C25H27ClN4O3.C24H27FN6O3/c1-5-23(32)28-10-11-29(16(4)14-28)24-18-12-19(26)22(31)13-21(18)30(25(33)27-24)20-9-7-6-8-17(20)15(2)3;1-5-17-22(18(6-2)27-13-26-17)31-19-11-20(32)16(25)10-15(19)23(28-24(31)34)30-9-8-29(12-14(30)4)21(33)7-3/h5-9,12,15-16H,1,10-11,13-14H2,2-4H3;7,10,13-14H,3,5-6,8-9,11-12H2,1-2,4H3/t16-;14-/m00/s1. The van der Waals surface area contributed by atoms with Crippen molar-refractivity contribution in [2.45, 2.75) is 85.2 Å². The third kappa shape index (κ3) is 9.29. The maximum atomic E-state index is 14.5. The van der Waals surface area contributed by atoms with Gasteiger partial charge in [-0.2, -0.15) is 9.97 Å². The first-order valence-electron chi connectivity index (χ1n) is 22.4. The van der Waals surface area contributed by atoms with Gasteiger partial charge in [0, 0.05) is 73.9 Å². The van der Waals surface area contributed by atoms with E-state index in [2.05, 4.69) is 46.9 Å². The summed E-state index contributed by atoms with van der Waals surface area (Å²) in [6.45, 7) is 21.6. The number of Topliss-reactive ketones (excluding diaryl/α,β-unsaturated/α-hetero) is 2.